The van der Waals surface area contributed by atoms with Crippen molar-refractivity contribution in [1.29, 1.82) is 0 Å². The molecule has 3 rings (SSSR count). The number of carbonyl (C=O) groups excluding carboxylic acids is 4. The second-order valence-electron chi connectivity index (χ2n) is 12.5. The number of aryl methyl sites for hydroxylation is 1. The molecule has 0 saturated carbocycles. The number of benzene rings is 1. The second kappa shape index (κ2) is 18.6. The molecule has 256 valence electrons. The lowest BCUT2D eigenvalue weighted by Crippen LogP contribution is -2.43. The van der Waals surface area contributed by atoms with E-state index in [1.165, 1.54) is 11.8 Å². The number of aliphatic hydroxyl groups is 1. The van der Waals surface area contributed by atoms with Gasteiger partial charge in [0.2, 0.25) is 17.7 Å². The molecule has 11 heteroatoms. The Kier molecular flexibility index (Phi) is 15.0. The zero-order chi connectivity index (χ0) is 34.5. The van der Waals surface area contributed by atoms with Crippen molar-refractivity contribution in [2.75, 3.05) is 23.5 Å². The summed E-state index contributed by atoms with van der Waals surface area (Å²) < 4.78 is 11.4. The molecule has 3 amide bonds. The summed E-state index contributed by atoms with van der Waals surface area (Å²) in [6.07, 6.45) is 12.8. The van der Waals surface area contributed by atoms with E-state index in [9.17, 15) is 24.3 Å². The molecule has 47 heavy (non-hydrogen) atoms. The van der Waals surface area contributed by atoms with E-state index in [0.29, 0.717) is 42.8 Å². The lowest BCUT2D eigenvalue weighted by molar-refractivity contribution is -0.156. The average molecular weight is 668 g/mol. The number of anilines is 2. The minimum absolute atomic E-state index is 0.100. The lowest BCUT2D eigenvalue weighted by Gasteiger charge is -2.29. The van der Waals surface area contributed by atoms with E-state index in [1.807, 2.05) is 58.1 Å². The van der Waals surface area contributed by atoms with Gasteiger partial charge >= 0.3 is 5.97 Å². The molecule has 1 aromatic carbocycles. The van der Waals surface area contributed by atoms with Gasteiger partial charge < -0.3 is 30.5 Å². The molecule has 0 aromatic heterocycles. The summed E-state index contributed by atoms with van der Waals surface area (Å²) in [5.74, 6) is -1.09. The summed E-state index contributed by atoms with van der Waals surface area (Å²) in [4.78, 5) is 51.3. The molecule has 10 nitrogen and oxygen atoms in total. The summed E-state index contributed by atoms with van der Waals surface area (Å²) in [7, 11) is 1.54. The molecule has 0 spiro atoms. The number of hydrogen-bond acceptors (Lipinski definition) is 8. The first-order chi connectivity index (χ1) is 22.4. The normalized spacial score (nSPS) is 26.6. The summed E-state index contributed by atoms with van der Waals surface area (Å²) in [6.45, 7) is 9.16. The Bertz CT molecular complexity index is 1400. The number of amides is 3. The quantitative estimate of drug-likeness (QED) is 0.231. The predicted molar refractivity (Wildman–Crippen MR) is 186 cm³/mol. The van der Waals surface area contributed by atoms with E-state index in [1.54, 1.807) is 38.3 Å². The zero-order valence-electron chi connectivity index (χ0n) is 28.2. The number of carbonyl (C=O) groups is 4. The van der Waals surface area contributed by atoms with Crippen LogP contribution in [0.15, 0.2) is 65.1 Å². The highest BCUT2D eigenvalue weighted by Gasteiger charge is 2.30. The van der Waals surface area contributed by atoms with Crippen LogP contribution in [0.5, 0.6) is 0 Å². The van der Waals surface area contributed by atoms with Crippen molar-refractivity contribution in [3.63, 3.8) is 0 Å². The highest BCUT2D eigenvalue weighted by molar-refractivity contribution is 8.00. The molecule has 1 aromatic rings. The van der Waals surface area contributed by atoms with Gasteiger partial charge in [-0.2, -0.15) is 0 Å². The number of allylic oxidation sites excluding steroid dienone is 5. The first kappa shape index (κ1) is 37.8. The number of thioether (sulfide) groups is 1. The number of nitrogens with one attached hydrogen (secondary N) is 3. The van der Waals surface area contributed by atoms with Gasteiger partial charge in [0.15, 0.2) is 0 Å². The maximum atomic E-state index is 13.0. The molecule has 0 unspecified atom stereocenters. The Morgan fingerprint density at radius 1 is 1.09 bits per heavy atom. The Hall–Kier alpha value is -3.67. The van der Waals surface area contributed by atoms with Crippen molar-refractivity contribution in [3.05, 3.63) is 65.8 Å². The fraction of sp³-hybridized carbons (Fsp3) is 0.500. The van der Waals surface area contributed by atoms with Crippen LogP contribution in [0.1, 0.15) is 65.9 Å². The third-order valence-corrected chi connectivity index (χ3v) is 9.12. The molecule has 2 aliphatic heterocycles. The first-order valence-electron chi connectivity index (χ1n) is 16.1. The summed E-state index contributed by atoms with van der Waals surface area (Å²) in [5, 5.41) is 19.9. The standard InChI is InChI=1S/C36H49N3O7S/c1-22(2)17-31(40)37-25(5)36(44)46-30-16-11-9-7-8-10-15-28(45-6)20-32(41)38-27-18-26(14-12-13-23(3)34(43)24(30)4)35-29(19-27)39-33(42)21-47-35/h7-11,13,15,18-19,22,24-25,28,30,34,43H,12,14,16-17,20-21H2,1-6H3,(H,37,40)(H,38,41)(H,39,42)/b8-7+,11-9+,15-10+,23-13-/t24-,25+,28-,30-,34-/m0/s1. The van der Waals surface area contributed by atoms with Gasteiger partial charge in [-0.1, -0.05) is 63.3 Å². The Labute approximate surface area is 282 Å². The second-order valence-corrected chi connectivity index (χ2v) is 13.4. The van der Waals surface area contributed by atoms with Crippen LogP contribution in [0.3, 0.4) is 0 Å². The van der Waals surface area contributed by atoms with Crippen molar-refractivity contribution >= 4 is 46.8 Å². The number of esters is 1. The van der Waals surface area contributed by atoms with Crippen LogP contribution in [0.2, 0.25) is 0 Å². The van der Waals surface area contributed by atoms with E-state index < -0.39 is 36.2 Å². The van der Waals surface area contributed by atoms with Crippen LogP contribution in [-0.2, 0) is 35.1 Å². The molecule has 5 atom stereocenters. The van der Waals surface area contributed by atoms with Gasteiger partial charge in [0.25, 0.3) is 0 Å². The molecule has 4 N–H and O–H groups in total. The van der Waals surface area contributed by atoms with Crippen molar-refractivity contribution in [2.24, 2.45) is 11.8 Å². The van der Waals surface area contributed by atoms with E-state index in [2.05, 4.69) is 16.0 Å². The minimum Gasteiger partial charge on any atom is -0.460 e. The lowest BCUT2D eigenvalue weighted by atomic mass is 9.90. The van der Waals surface area contributed by atoms with Gasteiger partial charge in [-0.3, -0.25) is 14.4 Å². The van der Waals surface area contributed by atoms with Crippen LogP contribution < -0.4 is 16.0 Å². The molecule has 2 aliphatic rings. The summed E-state index contributed by atoms with van der Waals surface area (Å²) in [5.41, 5.74) is 2.95. The van der Waals surface area contributed by atoms with Crippen molar-refractivity contribution in [2.45, 2.75) is 96.0 Å². The fourth-order valence-corrected chi connectivity index (χ4v) is 6.27. The maximum Gasteiger partial charge on any atom is 0.328 e. The third kappa shape index (κ3) is 12.1. The number of hydrogen-bond donors (Lipinski definition) is 4. The van der Waals surface area contributed by atoms with Gasteiger partial charge in [0.1, 0.15) is 12.1 Å². The first-order valence-corrected chi connectivity index (χ1v) is 17.1. The van der Waals surface area contributed by atoms with Crippen LogP contribution in [0, 0.1) is 11.8 Å². The molecule has 0 radical (unpaired) electrons. The van der Waals surface area contributed by atoms with Gasteiger partial charge in [-0.15, -0.1) is 11.8 Å². The Balaban J connectivity index is 1.88. The minimum atomic E-state index is -0.890. The van der Waals surface area contributed by atoms with E-state index in [4.69, 9.17) is 9.47 Å². The smallest absolute Gasteiger partial charge is 0.328 e. The van der Waals surface area contributed by atoms with Crippen molar-refractivity contribution in [1.82, 2.24) is 5.32 Å². The van der Waals surface area contributed by atoms with Crippen molar-refractivity contribution in [3.8, 4) is 0 Å². The van der Waals surface area contributed by atoms with Gasteiger partial charge in [0, 0.05) is 36.5 Å². The van der Waals surface area contributed by atoms with Crippen molar-refractivity contribution < 1.29 is 33.8 Å². The molecule has 0 aliphatic carbocycles. The maximum absolute atomic E-state index is 13.0. The SMILES string of the molecule is CO[C@H]1/C=C/C=C/C=C/C[C@H](OC(=O)[C@@H](C)NC(=O)CC(C)C)[C@H](C)[C@@H](O)/C(C)=C\CCc2cc(cc3c2SCC(=O)N3)NC(=O)C1. The molecular weight excluding hydrogens is 618 g/mol. The van der Waals surface area contributed by atoms with Crippen LogP contribution in [-0.4, -0.2) is 66.0 Å². The molecule has 0 fully saturated rings. The highest BCUT2D eigenvalue weighted by atomic mass is 32.2. The molecule has 2 heterocycles. The molecule has 0 saturated heterocycles. The monoisotopic (exact) mass is 667 g/mol. The number of fused-ring (bicyclic) bond motifs is 4. The number of rotatable bonds is 6. The van der Waals surface area contributed by atoms with Crippen LogP contribution in [0.25, 0.3) is 0 Å². The third-order valence-electron chi connectivity index (χ3n) is 7.95. The molecule has 2 bridgehead atoms. The predicted octanol–water partition coefficient (Wildman–Crippen LogP) is 5.49. The summed E-state index contributed by atoms with van der Waals surface area (Å²) in [6, 6.07) is 2.86. The number of ether oxygens (including phenoxy) is 2. The zero-order valence-corrected chi connectivity index (χ0v) is 29.0. The molecular formula is C36H49N3O7S. The largest absolute Gasteiger partial charge is 0.460 e. The van der Waals surface area contributed by atoms with Gasteiger partial charge in [-0.25, -0.2) is 4.79 Å². The number of methoxy groups -OCH3 is 1. The fourth-order valence-electron chi connectivity index (χ4n) is 5.31. The van der Waals surface area contributed by atoms with Crippen LogP contribution in [0.4, 0.5) is 11.4 Å². The highest BCUT2D eigenvalue weighted by Crippen LogP contribution is 2.38. The Morgan fingerprint density at radius 2 is 1.83 bits per heavy atom. The topological polar surface area (TPSA) is 143 Å². The summed E-state index contributed by atoms with van der Waals surface area (Å²) >= 11 is 1.46. The van der Waals surface area contributed by atoms with Gasteiger partial charge in [-0.05, 0) is 55.9 Å². The van der Waals surface area contributed by atoms with Crippen LogP contribution >= 0.6 is 11.8 Å². The number of aliphatic hydroxyl groups excluding tert-OH is 1. The average Bonchev–Trinajstić information content (AvgIpc) is 3.00. The van der Waals surface area contributed by atoms with E-state index >= 15 is 0 Å². The Morgan fingerprint density at radius 3 is 2.55 bits per heavy atom. The van der Waals surface area contributed by atoms with Gasteiger partial charge in [0.05, 0.1) is 30.1 Å². The van der Waals surface area contributed by atoms with E-state index in [0.717, 1.165) is 16.0 Å². The van der Waals surface area contributed by atoms with E-state index in [-0.39, 0.29) is 30.1 Å².